The Hall–Kier alpha value is -1.60. The van der Waals surface area contributed by atoms with Crippen molar-refractivity contribution < 1.29 is 17.7 Å². The Bertz CT molecular complexity index is 634. The summed E-state index contributed by atoms with van der Waals surface area (Å²) in [5.41, 5.74) is 5.38. The lowest BCUT2D eigenvalue weighted by molar-refractivity contribution is -0.137. The van der Waals surface area contributed by atoms with Gasteiger partial charge in [0.15, 0.2) is 5.82 Å². The van der Waals surface area contributed by atoms with Crippen molar-refractivity contribution in [1.29, 1.82) is 0 Å². The summed E-state index contributed by atoms with van der Waals surface area (Å²) in [6.07, 6.45) is -0.747. The number of hydrogen-bond acceptors (Lipinski definition) is 4. The van der Waals surface area contributed by atoms with Gasteiger partial charge in [-0.2, -0.15) is 18.2 Å². The second-order valence-corrected chi connectivity index (χ2v) is 5.36. The molecule has 1 aromatic heterocycles. The van der Waals surface area contributed by atoms with Crippen LogP contribution in [-0.4, -0.2) is 10.1 Å². The number of nitrogens with two attached hydrogens (primary N) is 1. The normalized spacial score (nSPS) is 17.3. The standard InChI is InChI=1S/C14H14F3N3O.ClH/c15-14(16,17)10-5-3-9(4-6-10)11-19-12(20-21-11)13(18)7-1-2-8-13;/h3-6H,1-2,7-8,18H2;1H. The van der Waals surface area contributed by atoms with Crippen molar-refractivity contribution in [3.63, 3.8) is 0 Å². The fourth-order valence-corrected chi connectivity index (χ4v) is 2.57. The molecule has 3 rings (SSSR count). The summed E-state index contributed by atoms with van der Waals surface area (Å²) in [7, 11) is 0. The predicted octanol–water partition coefficient (Wildman–Crippen LogP) is 3.91. The van der Waals surface area contributed by atoms with Crippen LogP contribution in [0, 0.1) is 0 Å². The van der Waals surface area contributed by atoms with Crippen LogP contribution in [0.15, 0.2) is 28.8 Å². The van der Waals surface area contributed by atoms with Crippen molar-refractivity contribution in [3.05, 3.63) is 35.7 Å². The minimum atomic E-state index is -4.36. The third-order valence-corrected chi connectivity index (χ3v) is 3.83. The molecule has 0 atom stereocenters. The Balaban J connectivity index is 0.00000176. The van der Waals surface area contributed by atoms with Crippen molar-refractivity contribution in [2.45, 2.75) is 37.4 Å². The fourth-order valence-electron chi connectivity index (χ4n) is 2.57. The molecule has 1 fully saturated rings. The molecule has 1 saturated carbocycles. The van der Waals surface area contributed by atoms with E-state index in [0.717, 1.165) is 37.8 Å². The molecule has 4 nitrogen and oxygen atoms in total. The molecule has 1 aromatic carbocycles. The quantitative estimate of drug-likeness (QED) is 0.905. The smallest absolute Gasteiger partial charge is 0.334 e. The van der Waals surface area contributed by atoms with Crippen LogP contribution in [0.1, 0.15) is 37.1 Å². The van der Waals surface area contributed by atoms with E-state index in [2.05, 4.69) is 10.1 Å². The third-order valence-electron chi connectivity index (χ3n) is 3.83. The van der Waals surface area contributed by atoms with Gasteiger partial charge in [-0.15, -0.1) is 12.4 Å². The number of hydrogen-bond donors (Lipinski definition) is 1. The second-order valence-electron chi connectivity index (χ2n) is 5.36. The van der Waals surface area contributed by atoms with Gasteiger partial charge in [0.25, 0.3) is 5.89 Å². The molecule has 2 aromatic rings. The van der Waals surface area contributed by atoms with Gasteiger partial charge in [-0.1, -0.05) is 18.0 Å². The van der Waals surface area contributed by atoms with Gasteiger partial charge in [-0.3, -0.25) is 0 Å². The minimum Gasteiger partial charge on any atom is -0.334 e. The highest BCUT2D eigenvalue weighted by Gasteiger charge is 2.36. The Morgan fingerprint density at radius 3 is 2.23 bits per heavy atom. The summed E-state index contributed by atoms with van der Waals surface area (Å²) in [6, 6.07) is 4.62. The van der Waals surface area contributed by atoms with Gasteiger partial charge >= 0.3 is 6.18 Å². The highest BCUT2D eigenvalue weighted by atomic mass is 35.5. The van der Waals surface area contributed by atoms with Crippen molar-refractivity contribution in [1.82, 2.24) is 10.1 Å². The summed E-state index contributed by atoms with van der Waals surface area (Å²) in [5.74, 6) is 0.616. The first-order chi connectivity index (χ1) is 9.88. The molecule has 8 heteroatoms. The van der Waals surface area contributed by atoms with Crippen molar-refractivity contribution >= 4 is 12.4 Å². The van der Waals surface area contributed by atoms with Crippen LogP contribution < -0.4 is 5.73 Å². The molecule has 1 aliphatic rings. The molecule has 22 heavy (non-hydrogen) atoms. The van der Waals surface area contributed by atoms with Gasteiger partial charge in [0, 0.05) is 5.56 Å². The summed E-state index contributed by atoms with van der Waals surface area (Å²) in [6.45, 7) is 0. The lowest BCUT2D eigenvalue weighted by Crippen LogP contribution is -2.34. The van der Waals surface area contributed by atoms with Crippen molar-refractivity contribution in [2.24, 2.45) is 5.73 Å². The summed E-state index contributed by atoms with van der Waals surface area (Å²) in [4.78, 5) is 4.24. The number of aromatic nitrogens is 2. The molecule has 0 spiro atoms. The zero-order chi connectivity index (χ0) is 15.1. The lowest BCUT2D eigenvalue weighted by Gasteiger charge is -2.17. The Morgan fingerprint density at radius 2 is 1.68 bits per heavy atom. The van der Waals surface area contributed by atoms with Gasteiger partial charge in [-0.25, -0.2) is 0 Å². The van der Waals surface area contributed by atoms with Gasteiger partial charge in [0.2, 0.25) is 0 Å². The molecule has 0 aliphatic heterocycles. The summed E-state index contributed by atoms with van der Waals surface area (Å²) in [5, 5.41) is 3.88. The average Bonchev–Trinajstić information content (AvgIpc) is 3.07. The number of rotatable bonds is 2. The molecular weight excluding hydrogens is 319 g/mol. The monoisotopic (exact) mass is 333 g/mol. The van der Waals surface area contributed by atoms with Gasteiger partial charge in [-0.05, 0) is 37.1 Å². The molecule has 120 valence electrons. The van der Waals surface area contributed by atoms with Crippen LogP contribution in [0.2, 0.25) is 0 Å². The van der Waals surface area contributed by atoms with E-state index >= 15 is 0 Å². The molecule has 0 saturated heterocycles. The molecule has 0 unspecified atom stereocenters. The SMILES string of the molecule is Cl.NC1(c2noc(-c3ccc(C(F)(F)F)cc3)n2)CCCC1. The lowest BCUT2D eigenvalue weighted by atomic mass is 9.99. The summed E-state index contributed by atoms with van der Waals surface area (Å²) >= 11 is 0. The summed E-state index contributed by atoms with van der Waals surface area (Å²) < 4.78 is 42.7. The van der Waals surface area contributed by atoms with E-state index in [1.165, 1.54) is 12.1 Å². The zero-order valence-electron chi connectivity index (χ0n) is 11.6. The number of halogens is 4. The largest absolute Gasteiger partial charge is 0.416 e. The van der Waals surface area contributed by atoms with E-state index in [1.807, 2.05) is 0 Å². The van der Waals surface area contributed by atoms with Crippen LogP contribution >= 0.6 is 12.4 Å². The maximum absolute atomic E-state index is 12.5. The van der Waals surface area contributed by atoms with Crippen LogP contribution in [0.3, 0.4) is 0 Å². The highest BCUT2D eigenvalue weighted by molar-refractivity contribution is 5.85. The van der Waals surface area contributed by atoms with Gasteiger partial charge < -0.3 is 10.3 Å². The van der Waals surface area contributed by atoms with Crippen LogP contribution in [0.5, 0.6) is 0 Å². The maximum atomic E-state index is 12.5. The van der Waals surface area contributed by atoms with Crippen LogP contribution in [-0.2, 0) is 11.7 Å². The highest BCUT2D eigenvalue weighted by Crippen LogP contribution is 2.36. The Labute approximate surface area is 131 Å². The van der Waals surface area contributed by atoms with E-state index in [9.17, 15) is 13.2 Å². The van der Waals surface area contributed by atoms with Crippen molar-refractivity contribution in [2.75, 3.05) is 0 Å². The minimum absolute atomic E-state index is 0. The van der Waals surface area contributed by atoms with Crippen LogP contribution in [0.25, 0.3) is 11.5 Å². The predicted molar refractivity (Wildman–Crippen MR) is 76.3 cm³/mol. The Morgan fingerprint density at radius 1 is 1.09 bits per heavy atom. The topological polar surface area (TPSA) is 64.9 Å². The first-order valence-electron chi connectivity index (χ1n) is 6.69. The molecule has 0 amide bonds. The molecule has 0 radical (unpaired) electrons. The average molecular weight is 334 g/mol. The number of nitrogens with zero attached hydrogens (tertiary/aromatic N) is 2. The fraction of sp³-hybridized carbons (Fsp3) is 0.429. The van der Waals surface area contributed by atoms with Crippen molar-refractivity contribution in [3.8, 4) is 11.5 Å². The van der Waals surface area contributed by atoms with Gasteiger partial charge in [0.1, 0.15) is 0 Å². The maximum Gasteiger partial charge on any atom is 0.416 e. The Kier molecular flexibility index (Phi) is 4.49. The third kappa shape index (κ3) is 3.10. The molecular formula is C14H15ClF3N3O. The molecule has 1 aliphatic carbocycles. The van der Waals surface area contributed by atoms with Gasteiger partial charge in [0.05, 0.1) is 11.1 Å². The van der Waals surface area contributed by atoms with E-state index < -0.39 is 17.3 Å². The molecule has 1 heterocycles. The first-order valence-corrected chi connectivity index (χ1v) is 6.69. The van der Waals surface area contributed by atoms with E-state index in [4.69, 9.17) is 10.3 Å². The second kappa shape index (κ2) is 5.89. The van der Waals surface area contributed by atoms with E-state index in [1.54, 1.807) is 0 Å². The number of alkyl halides is 3. The van der Waals surface area contributed by atoms with E-state index in [-0.39, 0.29) is 18.3 Å². The molecule has 2 N–H and O–H groups in total. The van der Waals surface area contributed by atoms with E-state index in [0.29, 0.717) is 11.4 Å². The first kappa shape index (κ1) is 16.8. The zero-order valence-corrected chi connectivity index (χ0v) is 12.4. The molecule has 0 bridgehead atoms. The van der Waals surface area contributed by atoms with Crippen LogP contribution in [0.4, 0.5) is 13.2 Å². The number of benzene rings is 1.